The third-order valence-electron chi connectivity index (χ3n) is 4.57. The normalized spacial score (nSPS) is 12.4. The van der Waals surface area contributed by atoms with Crippen LogP contribution in [0.3, 0.4) is 0 Å². The number of hydrogen-bond donors (Lipinski definition) is 1. The monoisotopic (exact) mass is 399 g/mol. The summed E-state index contributed by atoms with van der Waals surface area (Å²) in [5.41, 5.74) is 2.00. The number of ether oxygens (including phenoxy) is 2. The summed E-state index contributed by atoms with van der Waals surface area (Å²) in [6.45, 7) is 0.861. The molecule has 0 fully saturated rings. The van der Waals surface area contributed by atoms with Gasteiger partial charge in [0.05, 0.1) is 17.1 Å². The summed E-state index contributed by atoms with van der Waals surface area (Å²) in [6, 6.07) is 11.4. The van der Waals surface area contributed by atoms with Crippen LogP contribution in [0.2, 0.25) is 0 Å². The van der Waals surface area contributed by atoms with Gasteiger partial charge in [0, 0.05) is 43.7 Å². The number of nitrogens with one attached hydrogen (secondary N) is 1. The van der Waals surface area contributed by atoms with Crippen molar-refractivity contribution in [2.45, 2.75) is 6.42 Å². The Morgan fingerprint density at radius 1 is 1.24 bits per heavy atom. The molecule has 29 heavy (non-hydrogen) atoms. The van der Waals surface area contributed by atoms with Crippen LogP contribution in [-0.2, 0) is 20.7 Å². The van der Waals surface area contributed by atoms with Crippen LogP contribution in [0.4, 0.5) is 17.1 Å². The van der Waals surface area contributed by atoms with Gasteiger partial charge in [-0.2, -0.15) is 0 Å². The first kappa shape index (κ1) is 20.3. The molecule has 9 heteroatoms. The SMILES string of the molecule is COCCNc1ccc([N+](=O)[O-])cc1C(=O)OCC(=O)N1CCc2ccccc21. The van der Waals surface area contributed by atoms with E-state index in [0.717, 1.165) is 23.7 Å². The number of non-ortho nitro benzene ring substituents is 1. The van der Waals surface area contributed by atoms with Crippen molar-refractivity contribution in [3.05, 3.63) is 63.7 Å². The van der Waals surface area contributed by atoms with Crippen molar-refractivity contribution in [2.75, 3.05) is 43.6 Å². The fraction of sp³-hybridized carbons (Fsp3) is 0.300. The van der Waals surface area contributed by atoms with Gasteiger partial charge in [0.25, 0.3) is 11.6 Å². The molecular weight excluding hydrogens is 378 g/mol. The Morgan fingerprint density at radius 3 is 2.79 bits per heavy atom. The molecule has 1 heterocycles. The van der Waals surface area contributed by atoms with Crippen LogP contribution >= 0.6 is 0 Å². The molecule has 0 spiro atoms. The minimum atomic E-state index is -0.811. The van der Waals surface area contributed by atoms with E-state index in [0.29, 0.717) is 25.4 Å². The summed E-state index contributed by atoms with van der Waals surface area (Å²) in [6.07, 6.45) is 0.744. The van der Waals surface area contributed by atoms with E-state index in [1.54, 1.807) is 4.90 Å². The number of amides is 1. The van der Waals surface area contributed by atoms with Gasteiger partial charge in [-0.3, -0.25) is 14.9 Å². The van der Waals surface area contributed by atoms with Crippen LogP contribution in [-0.4, -0.2) is 50.2 Å². The zero-order valence-electron chi connectivity index (χ0n) is 15.9. The number of fused-ring (bicyclic) bond motifs is 1. The molecule has 1 aliphatic heterocycles. The van der Waals surface area contributed by atoms with Gasteiger partial charge in [-0.25, -0.2) is 4.79 Å². The molecule has 1 N–H and O–H groups in total. The second kappa shape index (κ2) is 9.16. The molecule has 0 bridgehead atoms. The van der Waals surface area contributed by atoms with E-state index in [-0.39, 0.29) is 17.2 Å². The van der Waals surface area contributed by atoms with Crippen molar-refractivity contribution in [3.8, 4) is 0 Å². The van der Waals surface area contributed by atoms with E-state index < -0.39 is 17.5 Å². The lowest BCUT2D eigenvalue weighted by Crippen LogP contribution is -2.33. The molecule has 0 unspecified atom stereocenters. The lowest BCUT2D eigenvalue weighted by atomic mass is 10.1. The minimum absolute atomic E-state index is 0.00933. The Kier molecular flexibility index (Phi) is 6.40. The van der Waals surface area contributed by atoms with Crippen molar-refractivity contribution >= 4 is 28.9 Å². The molecule has 2 aromatic carbocycles. The first-order chi connectivity index (χ1) is 14.0. The predicted molar refractivity (Wildman–Crippen MR) is 106 cm³/mol. The minimum Gasteiger partial charge on any atom is -0.452 e. The van der Waals surface area contributed by atoms with Crippen molar-refractivity contribution < 1.29 is 24.0 Å². The topological polar surface area (TPSA) is 111 Å². The van der Waals surface area contributed by atoms with Gasteiger partial charge in [0.1, 0.15) is 0 Å². The highest BCUT2D eigenvalue weighted by molar-refractivity contribution is 6.00. The number of benzene rings is 2. The number of carbonyl (C=O) groups excluding carboxylic acids is 2. The zero-order valence-corrected chi connectivity index (χ0v) is 15.9. The zero-order chi connectivity index (χ0) is 20.8. The number of hydrogen-bond acceptors (Lipinski definition) is 7. The second-order valence-electron chi connectivity index (χ2n) is 6.41. The molecule has 3 rings (SSSR count). The molecule has 0 saturated heterocycles. The maximum absolute atomic E-state index is 12.6. The van der Waals surface area contributed by atoms with E-state index in [1.165, 1.54) is 19.2 Å². The number of anilines is 2. The molecule has 2 aromatic rings. The number of para-hydroxylation sites is 1. The summed E-state index contributed by atoms with van der Waals surface area (Å²) in [7, 11) is 1.54. The first-order valence-electron chi connectivity index (χ1n) is 9.08. The molecule has 0 radical (unpaired) electrons. The molecule has 0 atom stereocenters. The van der Waals surface area contributed by atoms with Crippen molar-refractivity contribution in [3.63, 3.8) is 0 Å². The van der Waals surface area contributed by atoms with Gasteiger partial charge in [0.15, 0.2) is 6.61 Å². The molecule has 9 nitrogen and oxygen atoms in total. The maximum Gasteiger partial charge on any atom is 0.341 e. The van der Waals surface area contributed by atoms with Crippen molar-refractivity contribution in [1.82, 2.24) is 0 Å². The van der Waals surface area contributed by atoms with E-state index in [4.69, 9.17) is 9.47 Å². The third-order valence-corrected chi connectivity index (χ3v) is 4.57. The van der Waals surface area contributed by atoms with Crippen LogP contribution in [0.1, 0.15) is 15.9 Å². The molecule has 0 saturated carbocycles. The van der Waals surface area contributed by atoms with Gasteiger partial charge >= 0.3 is 5.97 Å². The average Bonchev–Trinajstić information content (AvgIpc) is 3.16. The largest absolute Gasteiger partial charge is 0.452 e. The number of nitro benzene ring substituents is 1. The Hall–Kier alpha value is -3.46. The molecule has 152 valence electrons. The van der Waals surface area contributed by atoms with Gasteiger partial charge in [-0.05, 0) is 24.1 Å². The average molecular weight is 399 g/mol. The summed E-state index contributed by atoms with van der Waals surface area (Å²) in [5.74, 6) is -1.16. The van der Waals surface area contributed by atoms with Crippen molar-refractivity contribution in [2.24, 2.45) is 0 Å². The predicted octanol–water partition coefficient (Wildman–Crippen LogP) is 2.40. The first-order valence-corrected chi connectivity index (χ1v) is 9.08. The number of esters is 1. The quantitative estimate of drug-likeness (QED) is 0.314. The maximum atomic E-state index is 12.6. The number of rotatable bonds is 8. The van der Waals surface area contributed by atoms with Crippen LogP contribution < -0.4 is 10.2 Å². The smallest absolute Gasteiger partial charge is 0.341 e. The van der Waals surface area contributed by atoms with Gasteiger partial charge in [-0.15, -0.1) is 0 Å². The summed E-state index contributed by atoms with van der Waals surface area (Å²) in [4.78, 5) is 37.1. The summed E-state index contributed by atoms with van der Waals surface area (Å²) >= 11 is 0. The van der Waals surface area contributed by atoms with Gasteiger partial charge < -0.3 is 19.7 Å². The number of methoxy groups -OCH3 is 1. The Labute approximate surface area is 167 Å². The Balaban J connectivity index is 1.70. The summed E-state index contributed by atoms with van der Waals surface area (Å²) in [5, 5.41) is 14.0. The van der Waals surface area contributed by atoms with Gasteiger partial charge in [0.2, 0.25) is 0 Å². The second-order valence-corrected chi connectivity index (χ2v) is 6.41. The molecular formula is C20H21N3O6. The van der Waals surface area contributed by atoms with Crippen LogP contribution in [0.5, 0.6) is 0 Å². The lowest BCUT2D eigenvalue weighted by Gasteiger charge is -2.17. The molecule has 0 aromatic heterocycles. The third kappa shape index (κ3) is 4.69. The highest BCUT2D eigenvalue weighted by Crippen LogP contribution is 2.28. The standard InChI is InChI=1S/C20H21N3O6/c1-28-11-9-21-17-7-6-15(23(26)27)12-16(17)20(25)29-13-19(24)22-10-8-14-4-2-3-5-18(14)22/h2-7,12,21H,8-11,13H2,1H3. The number of carbonyl (C=O) groups is 2. The summed E-state index contributed by atoms with van der Waals surface area (Å²) < 4.78 is 10.1. The number of nitro groups is 1. The fourth-order valence-electron chi connectivity index (χ4n) is 3.14. The molecule has 1 aliphatic rings. The van der Waals surface area contributed by atoms with E-state index >= 15 is 0 Å². The number of nitrogens with zero attached hydrogens (tertiary/aromatic N) is 2. The van der Waals surface area contributed by atoms with Crippen LogP contribution in [0.25, 0.3) is 0 Å². The van der Waals surface area contributed by atoms with Gasteiger partial charge in [-0.1, -0.05) is 18.2 Å². The van der Waals surface area contributed by atoms with E-state index in [9.17, 15) is 19.7 Å². The van der Waals surface area contributed by atoms with E-state index in [2.05, 4.69) is 5.32 Å². The van der Waals surface area contributed by atoms with Crippen LogP contribution in [0, 0.1) is 10.1 Å². The Bertz CT molecular complexity index is 930. The fourth-order valence-corrected chi connectivity index (χ4v) is 3.14. The Morgan fingerprint density at radius 2 is 2.03 bits per heavy atom. The molecule has 0 aliphatic carbocycles. The lowest BCUT2D eigenvalue weighted by molar-refractivity contribution is -0.384. The van der Waals surface area contributed by atoms with Crippen molar-refractivity contribution in [1.29, 1.82) is 0 Å². The van der Waals surface area contributed by atoms with Crippen LogP contribution in [0.15, 0.2) is 42.5 Å². The molecule has 1 amide bonds. The highest BCUT2D eigenvalue weighted by atomic mass is 16.6. The highest BCUT2D eigenvalue weighted by Gasteiger charge is 2.26. The van der Waals surface area contributed by atoms with E-state index in [1.807, 2.05) is 24.3 Å².